The summed E-state index contributed by atoms with van der Waals surface area (Å²) in [6.45, 7) is 6.62. The van der Waals surface area contributed by atoms with Crippen molar-refractivity contribution in [1.29, 1.82) is 0 Å². The van der Waals surface area contributed by atoms with Gasteiger partial charge in [0.05, 0.1) is 18.4 Å². The van der Waals surface area contributed by atoms with Gasteiger partial charge in [-0.05, 0) is 68.1 Å². The van der Waals surface area contributed by atoms with E-state index in [0.29, 0.717) is 18.0 Å². The molecule has 0 aliphatic carbocycles. The molecule has 4 N–H and O–H groups in total. The Morgan fingerprint density at radius 1 is 1.05 bits per heavy atom. The molecule has 0 aliphatic heterocycles. The van der Waals surface area contributed by atoms with Crippen LogP contribution in [0.2, 0.25) is 5.02 Å². The minimum Gasteiger partial charge on any atom is -0.394 e. The average Bonchev–Trinajstić information content (AvgIpc) is 2.89. The van der Waals surface area contributed by atoms with Gasteiger partial charge < -0.3 is 25.2 Å². The molecular weight excluding hydrogens is 510 g/mol. The molecule has 0 aliphatic rings. The van der Waals surface area contributed by atoms with Gasteiger partial charge in [0.15, 0.2) is 0 Å². The van der Waals surface area contributed by atoms with Crippen molar-refractivity contribution in [2.75, 3.05) is 24.0 Å². The fourth-order valence-corrected chi connectivity index (χ4v) is 4.38. The molecule has 0 aromatic heterocycles. The molecule has 3 aromatic rings. The number of carbonyl (C=O) groups excluding carboxylic acids is 2. The number of aliphatic hydroxyl groups excluding tert-OH is 2. The second-order valence-electron chi connectivity index (χ2n) is 8.45. The van der Waals surface area contributed by atoms with Crippen molar-refractivity contribution in [3.63, 3.8) is 0 Å². The Bertz CT molecular complexity index is 1140. The second-order valence-corrected chi connectivity index (χ2v) is 9.96. The molecule has 0 saturated heterocycles. The van der Waals surface area contributed by atoms with E-state index in [4.69, 9.17) is 21.8 Å². The number of anilines is 1. The number of benzene rings is 3. The molecule has 0 saturated carbocycles. The Labute approximate surface area is 228 Å². The summed E-state index contributed by atoms with van der Waals surface area (Å²) in [5, 5.41) is 22.6. The van der Waals surface area contributed by atoms with Crippen LogP contribution in [0.5, 0.6) is 0 Å². The molecule has 2 amide bonds. The van der Waals surface area contributed by atoms with Gasteiger partial charge in [-0.25, -0.2) is 0 Å². The van der Waals surface area contributed by atoms with Crippen molar-refractivity contribution < 1.29 is 19.8 Å². The molecule has 1 unspecified atom stereocenters. The first-order chi connectivity index (χ1) is 17.7. The van der Waals surface area contributed by atoms with Crippen molar-refractivity contribution in [3.8, 4) is 0 Å². The summed E-state index contributed by atoms with van der Waals surface area (Å²) < 4.78 is 2.00. The maximum absolute atomic E-state index is 12.7. The number of hydrogen-bond donors (Lipinski definition) is 4. The van der Waals surface area contributed by atoms with Crippen molar-refractivity contribution in [1.82, 2.24) is 10.6 Å². The zero-order chi connectivity index (χ0) is 27.2. The first kappa shape index (κ1) is 30.2. The van der Waals surface area contributed by atoms with E-state index in [1.807, 2.05) is 54.6 Å². The summed E-state index contributed by atoms with van der Waals surface area (Å²) in [6.07, 6.45) is -0.362. The third kappa shape index (κ3) is 10.9. The average molecular weight is 544 g/mol. The molecule has 37 heavy (non-hydrogen) atoms. The van der Waals surface area contributed by atoms with Crippen LogP contribution in [0.25, 0.3) is 0 Å². The first-order valence-corrected chi connectivity index (χ1v) is 12.9. The summed E-state index contributed by atoms with van der Waals surface area (Å²) in [5.74, 6) is -0.0366. The lowest BCUT2D eigenvalue weighted by Crippen LogP contribution is -2.34. The quantitative estimate of drug-likeness (QED) is 0.214. The highest BCUT2D eigenvalue weighted by Crippen LogP contribution is 2.34. The predicted octanol–water partition coefficient (Wildman–Crippen LogP) is 4.18. The molecular formula is C28H34ClN3O4S. The van der Waals surface area contributed by atoms with Crippen LogP contribution in [0.3, 0.4) is 0 Å². The van der Waals surface area contributed by atoms with Crippen LogP contribution in [0.4, 0.5) is 5.69 Å². The maximum atomic E-state index is 12.7. The molecule has 3 aromatic carbocycles. The highest BCUT2D eigenvalue weighted by molar-refractivity contribution is 8.00. The molecule has 0 bridgehead atoms. The SMILES string of the molecule is Cc1ccc(SN(CC(=O)NCc2cccc(C)c2)c2cccc(Cl)c2C)cc1.O=CNCC(O)CO. The zero-order valence-corrected chi connectivity index (χ0v) is 22.9. The van der Waals surface area contributed by atoms with Crippen LogP contribution >= 0.6 is 23.5 Å². The van der Waals surface area contributed by atoms with E-state index in [2.05, 4.69) is 47.9 Å². The van der Waals surface area contributed by atoms with Gasteiger partial charge >= 0.3 is 0 Å². The van der Waals surface area contributed by atoms with E-state index in [1.165, 1.54) is 23.1 Å². The second kappa shape index (κ2) is 15.9. The Morgan fingerprint density at radius 2 is 1.76 bits per heavy atom. The van der Waals surface area contributed by atoms with Gasteiger partial charge in [0.25, 0.3) is 0 Å². The van der Waals surface area contributed by atoms with E-state index >= 15 is 0 Å². The van der Waals surface area contributed by atoms with E-state index in [0.717, 1.165) is 21.7 Å². The van der Waals surface area contributed by atoms with E-state index in [9.17, 15) is 9.59 Å². The largest absolute Gasteiger partial charge is 0.394 e. The minimum absolute atomic E-state index is 0.0366. The van der Waals surface area contributed by atoms with E-state index < -0.39 is 6.10 Å². The monoisotopic (exact) mass is 543 g/mol. The third-order valence-corrected chi connectivity index (χ3v) is 6.69. The summed E-state index contributed by atoms with van der Waals surface area (Å²) in [7, 11) is 0. The van der Waals surface area contributed by atoms with Gasteiger partial charge in [-0.1, -0.05) is 65.2 Å². The number of nitrogens with zero attached hydrogens (tertiary/aromatic N) is 1. The Balaban J connectivity index is 0.000000521. The molecule has 198 valence electrons. The van der Waals surface area contributed by atoms with E-state index in [1.54, 1.807) is 0 Å². The van der Waals surface area contributed by atoms with Gasteiger partial charge in [-0.3, -0.25) is 9.59 Å². The molecule has 7 nitrogen and oxygen atoms in total. The topological polar surface area (TPSA) is 102 Å². The van der Waals surface area contributed by atoms with Gasteiger partial charge in [0.2, 0.25) is 12.3 Å². The number of rotatable bonds is 11. The van der Waals surface area contributed by atoms with Crippen molar-refractivity contribution in [2.45, 2.75) is 38.3 Å². The molecule has 1 atom stereocenters. The molecule has 0 spiro atoms. The molecule has 9 heteroatoms. The number of nitrogens with one attached hydrogen (secondary N) is 2. The number of amides is 2. The highest BCUT2D eigenvalue weighted by Gasteiger charge is 2.17. The van der Waals surface area contributed by atoms with Gasteiger partial charge in [0.1, 0.15) is 6.54 Å². The normalized spacial score (nSPS) is 11.1. The lowest BCUT2D eigenvalue weighted by atomic mass is 10.1. The van der Waals surface area contributed by atoms with Crippen molar-refractivity contribution in [3.05, 3.63) is 94.0 Å². The number of halogens is 1. The standard InChI is InChI=1S/C24H25ClN2OS.C4H9NO3/c1-17-10-12-21(13-11-17)29-27(23-9-5-8-22(25)19(23)3)16-24(28)26-15-20-7-4-6-18(2)14-20;6-2-4(8)1-5-3-7/h4-14H,15-16H2,1-3H3,(H,26,28);3-4,6,8H,1-2H2,(H,5,7). The van der Waals surface area contributed by atoms with Crippen LogP contribution in [0.15, 0.2) is 71.6 Å². The highest BCUT2D eigenvalue weighted by atomic mass is 35.5. The van der Waals surface area contributed by atoms with Crippen LogP contribution in [0.1, 0.15) is 22.3 Å². The smallest absolute Gasteiger partial charge is 0.240 e. The van der Waals surface area contributed by atoms with Gasteiger partial charge in [0, 0.05) is 23.0 Å². The van der Waals surface area contributed by atoms with Gasteiger partial charge in [-0.2, -0.15) is 0 Å². The fourth-order valence-electron chi connectivity index (χ4n) is 3.22. The minimum atomic E-state index is -0.833. The number of aryl methyl sites for hydroxylation is 2. The molecule has 0 fully saturated rings. The molecule has 0 radical (unpaired) electrons. The predicted molar refractivity (Wildman–Crippen MR) is 151 cm³/mol. The van der Waals surface area contributed by atoms with E-state index in [-0.39, 0.29) is 25.6 Å². The summed E-state index contributed by atoms with van der Waals surface area (Å²) in [6, 6.07) is 22.2. The van der Waals surface area contributed by atoms with Crippen LogP contribution in [0, 0.1) is 20.8 Å². The molecule has 0 heterocycles. The molecule has 3 rings (SSSR count). The Morgan fingerprint density at radius 3 is 2.41 bits per heavy atom. The summed E-state index contributed by atoms with van der Waals surface area (Å²) >= 11 is 7.88. The lowest BCUT2D eigenvalue weighted by Gasteiger charge is -2.25. The summed E-state index contributed by atoms with van der Waals surface area (Å²) in [4.78, 5) is 23.3. The van der Waals surface area contributed by atoms with Crippen LogP contribution in [-0.4, -0.2) is 48.3 Å². The fraction of sp³-hybridized carbons (Fsp3) is 0.286. The van der Waals surface area contributed by atoms with Crippen LogP contribution < -0.4 is 14.9 Å². The Kier molecular flexibility index (Phi) is 13.0. The zero-order valence-electron chi connectivity index (χ0n) is 21.3. The van der Waals surface area contributed by atoms with Gasteiger partial charge in [-0.15, -0.1) is 0 Å². The van der Waals surface area contributed by atoms with Crippen molar-refractivity contribution >= 4 is 41.6 Å². The lowest BCUT2D eigenvalue weighted by molar-refractivity contribution is -0.119. The maximum Gasteiger partial charge on any atom is 0.240 e. The summed E-state index contributed by atoms with van der Waals surface area (Å²) in [5.41, 5.74) is 5.38. The number of aliphatic hydroxyl groups is 2. The first-order valence-electron chi connectivity index (χ1n) is 11.8. The Hall–Kier alpha value is -3.04. The van der Waals surface area contributed by atoms with Crippen molar-refractivity contribution in [2.24, 2.45) is 0 Å². The number of carbonyl (C=O) groups is 2. The number of hydrogen-bond acceptors (Lipinski definition) is 6. The van der Waals surface area contributed by atoms with Crippen LogP contribution in [-0.2, 0) is 16.1 Å². The third-order valence-electron chi connectivity index (χ3n) is 5.25.